The molecule has 0 saturated carbocycles. The van der Waals surface area contributed by atoms with Gasteiger partial charge in [-0.15, -0.1) is 0 Å². The number of aliphatic hydroxyl groups is 1. The van der Waals surface area contributed by atoms with Crippen LogP contribution >= 0.6 is 0 Å². The third-order valence-electron chi connectivity index (χ3n) is 8.46. The van der Waals surface area contributed by atoms with E-state index in [2.05, 4.69) is 5.32 Å². The van der Waals surface area contributed by atoms with Crippen LogP contribution in [0.15, 0.2) is 30.3 Å². The smallest absolute Gasteiger partial charge is 0.236 e. The summed E-state index contributed by atoms with van der Waals surface area (Å²) in [5.41, 5.74) is 6.35. The Kier molecular flexibility index (Phi) is 13.5. The van der Waals surface area contributed by atoms with E-state index in [-0.39, 0.29) is 48.7 Å². The van der Waals surface area contributed by atoms with Crippen molar-refractivity contribution in [3.63, 3.8) is 0 Å². The summed E-state index contributed by atoms with van der Waals surface area (Å²) in [6.45, 7) is 8.08. The van der Waals surface area contributed by atoms with Crippen molar-refractivity contribution in [3.8, 4) is 0 Å². The number of aliphatic hydroxyl groups excluding tert-OH is 1. The molecule has 0 aromatic heterocycles. The molecule has 8 atom stereocenters. The highest BCUT2D eigenvalue weighted by atomic mass is 16.5. The van der Waals surface area contributed by atoms with Gasteiger partial charge in [-0.2, -0.15) is 0 Å². The van der Waals surface area contributed by atoms with Crippen LogP contribution in [0.1, 0.15) is 65.0 Å². The summed E-state index contributed by atoms with van der Waals surface area (Å²) < 4.78 is 11.6. The summed E-state index contributed by atoms with van der Waals surface area (Å²) in [5, 5.41) is 13.6. The van der Waals surface area contributed by atoms with Gasteiger partial charge in [0.05, 0.1) is 55.3 Å². The lowest BCUT2D eigenvalue weighted by Crippen LogP contribution is -2.54. The average molecular weight is 563 g/mol. The molecule has 0 bridgehead atoms. The lowest BCUT2D eigenvalue weighted by molar-refractivity contribution is -0.145. The molecular weight excluding hydrogens is 512 g/mol. The van der Waals surface area contributed by atoms with E-state index in [0.717, 1.165) is 18.4 Å². The van der Waals surface area contributed by atoms with Gasteiger partial charge in [-0.3, -0.25) is 14.4 Å². The van der Waals surface area contributed by atoms with Gasteiger partial charge in [0.15, 0.2) is 0 Å². The second kappa shape index (κ2) is 16.0. The number of ether oxygens (including phenoxy) is 2. The molecule has 10 heteroatoms. The maximum atomic E-state index is 13.7. The first-order chi connectivity index (χ1) is 19.0. The molecule has 2 rings (SSSR count). The Balaban J connectivity index is 2.14. The highest BCUT2D eigenvalue weighted by Crippen LogP contribution is 2.29. The van der Waals surface area contributed by atoms with Gasteiger partial charge in [0, 0.05) is 27.8 Å². The zero-order chi connectivity index (χ0) is 30.0. The second-order valence-electron chi connectivity index (χ2n) is 11.0. The number of likely N-dealkylation sites (tertiary alicyclic amines) is 1. The van der Waals surface area contributed by atoms with Gasteiger partial charge < -0.3 is 35.4 Å². The van der Waals surface area contributed by atoms with E-state index in [1.54, 1.807) is 44.9 Å². The number of likely N-dealkylation sites (N-methyl/N-ethyl adjacent to an activating group) is 1. The number of nitrogens with two attached hydrogens (primary N) is 1. The van der Waals surface area contributed by atoms with Crippen molar-refractivity contribution in [3.05, 3.63) is 35.9 Å². The molecule has 10 nitrogen and oxygen atoms in total. The predicted molar refractivity (Wildman–Crippen MR) is 154 cm³/mol. The van der Waals surface area contributed by atoms with Crippen LogP contribution in [0.5, 0.6) is 0 Å². The third-order valence-corrected chi connectivity index (χ3v) is 8.46. The molecule has 1 saturated heterocycles. The Labute approximate surface area is 239 Å². The zero-order valence-electron chi connectivity index (χ0n) is 25.2. The number of methoxy groups -OCH3 is 2. The fourth-order valence-corrected chi connectivity index (χ4v) is 5.84. The number of rotatable bonds is 15. The zero-order valence-corrected chi connectivity index (χ0v) is 25.2. The number of carbonyl (C=O) groups is 3. The van der Waals surface area contributed by atoms with E-state index >= 15 is 0 Å². The predicted octanol–water partition coefficient (Wildman–Crippen LogP) is 2.10. The minimum Gasteiger partial charge on any atom is -0.386 e. The van der Waals surface area contributed by atoms with Gasteiger partial charge in [0.25, 0.3) is 0 Å². The normalized spacial score (nSPS) is 20.6. The highest BCUT2D eigenvalue weighted by Gasteiger charge is 2.42. The van der Waals surface area contributed by atoms with E-state index in [9.17, 15) is 19.5 Å². The van der Waals surface area contributed by atoms with Gasteiger partial charge in [-0.1, -0.05) is 57.5 Å². The number of nitrogens with one attached hydrogen (secondary N) is 1. The molecule has 1 heterocycles. The van der Waals surface area contributed by atoms with E-state index in [0.29, 0.717) is 13.0 Å². The van der Waals surface area contributed by atoms with Crippen molar-refractivity contribution in [2.75, 3.05) is 34.4 Å². The second-order valence-corrected chi connectivity index (χ2v) is 11.0. The Bertz CT molecular complexity index is 947. The number of nitrogens with zero attached hydrogens (tertiary/aromatic N) is 2. The molecule has 0 aliphatic carbocycles. The van der Waals surface area contributed by atoms with Crippen LogP contribution in [-0.2, 0) is 23.9 Å². The maximum Gasteiger partial charge on any atom is 0.236 e. The molecular formula is C30H50N4O6. The number of amides is 3. The van der Waals surface area contributed by atoms with E-state index in [4.69, 9.17) is 15.2 Å². The monoisotopic (exact) mass is 562 g/mol. The molecule has 3 amide bonds. The van der Waals surface area contributed by atoms with Crippen molar-refractivity contribution in [1.82, 2.24) is 15.1 Å². The van der Waals surface area contributed by atoms with Crippen molar-refractivity contribution in [2.24, 2.45) is 17.6 Å². The quantitative estimate of drug-likeness (QED) is 0.298. The summed E-state index contributed by atoms with van der Waals surface area (Å²) >= 11 is 0. The van der Waals surface area contributed by atoms with Crippen LogP contribution in [0.2, 0.25) is 0 Å². The first-order valence-corrected chi connectivity index (χ1v) is 14.4. The molecule has 0 spiro atoms. The van der Waals surface area contributed by atoms with E-state index in [1.807, 2.05) is 44.2 Å². The molecule has 0 radical (unpaired) electrons. The summed E-state index contributed by atoms with van der Waals surface area (Å²) in [6.07, 6.45) is 0.529. The van der Waals surface area contributed by atoms with Crippen molar-refractivity contribution < 1.29 is 29.0 Å². The number of carbonyl (C=O) groups excluding carboxylic acids is 3. The average Bonchev–Trinajstić information content (AvgIpc) is 3.45. The molecule has 1 aromatic rings. The van der Waals surface area contributed by atoms with Crippen molar-refractivity contribution in [1.29, 1.82) is 0 Å². The molecule has 1 aliphatic rings. The van der Waals surface area contributed by atoms with Crippen LogP contribution < -0.4 is 11.1 Å². The number of benzene rings is 1. The Morgan fingerprint density at radius 1 is 1.15 bits per heavy atom. The topological polar surface area (TPSA) is 134 Å². The number of hydrogen-bond acceptors (Lipinski definition) is 7. The SMILES string of the molecule is CCC(C)C(C(CC(=O)N1CCCC1C(OC)C(C)C(=O)N[C@H](C)C(O)c1ccccc1)OC)N(C)C(=O)CN. The van der Waals surface area contributed by atoms with E-state index in [1.165, 1.54) is 0 Å². The van der Waals surface area contributed by atoms with Crippen LogP contribution in [0.4, 0.5) is 0 Å². The molecule has 226 valence electrons. The van der Waals surface area contributed by atoms with Gasteiger partial charge >= 0.3 is 0 Å². The number of hydrogen-bond donors (Lipinski definition) is 3. The van der Waals surface area contributed by atoms with Crippen LogP contribution in [0, 0.1) is 11.8 Å². The third kappa shape index (κ3) is 8.25. The molecule has 7 unspecified atom stereocenters. The Morgan fingerprint density at radius 2 is 1.80 bits per heavy atom. The highest BCUT2D eigenvalue weighted by molar-refractivity contribution is 5.81. The Morgan fingerprint density at radius 3 is 2.35 bits per heavy atom. The molecule has 1 aromatic carbocycles. The minimum atomic E-state index is -0.850. The molecule has 40 heavy (non-hydrogen) atoms. The first kappa shape index (κ1) is 33.7. The fraction of sp³-hybridized carbons (Fsp3) is 0.700. The van der Waals surface area contributed by atoms with Gasteiger partial charge in [0.1, 0.15) is 0 Å². The Hall–Kier alpha value is -2.53. The summed E-state index contributed by atoms with van der Waals surface area (Å²) in [6, 6.07) is 8.10. The lowest BCUT2D eigenvalue weighted by atomic mass is 9.90. The van der Waals surface area contributed by atoms with Crippen molar-refractivity contribution >= 4 is 17.7 Å². The molecule has 1 aliphatic heterocycles. The maximum absolute atomic E-state index is 13.7. The molecule has 1 fully saturated rings. The largest absolute Gasteiger partial charge is 0.386 e. The van der Waals surface area contributed by atoms with Crippen LogP contribution in [-0.4, -0.2) is 97.3 Å². The fourth-order valence-electron chi connectivity index (χ4n) is 5.84. The minimum absolute atomic E-state index is 0.0938. The van der Waals surface area contributed by atoms with Crippen LogP contribution in [0.25, 0.3) is 0 Å². The summed E-state index contributed by atoms with van der Waals surface area (Å²) in [5.74, 6) is -1.02. The van der Waals surface area contributed by atoms with E-state index < -0.39 is 30.3 Å². The summed E-state index contributed by atoms with van der Waals surface area (Å²) in [4.78, 5) is 42.7. The summed E-state index contributed by atoms with van der Waals surface area (Å²) in [7, 11) is 4.82. The first-order valence-electron chi connectivity index (χ1n) is 14.4. The van der Waals surface area contributed by atoms with Crippen LogP contribution in [0.3, 0.4) is 0 Å². The lowest BCUT2D eigenvalue weighted by Gasteiger charge is -2.39. The van der Waals surface area contributed by atoms with Crippen molar-refractivity contribution in [2.45, 2.75) is 89.8 Å². The van der Waals surface area contributed by atoms with Gasteiger partial charge in [0.2, 0.25) is 17.7 Å². The molecule has 4 N–H and O–H groups in total. The van der Waals surface area contributed by atoms with Gasteiger partial charge in [-0.25, -0.2) is 0 Å². The standard InChI is InChI=1S/C30H50N4O6/c1-8-19(2)27(33(5)26(36)18-31)24(39-6)17-25(35)34-16-12-15-23(34)29(40-7)20(3)30(38)32-21(4)28(37)22-13-10-9-11-14-22/h9-11,13-14,19-21,23-24,27-29,37H,8,12,15-18,31H2,1-7H3,(H,32,38)/t19?,20?,21-,23?,24?,27?,28?,29?/m1/s1. The van der Waals surface area contributed by atoms with Gasteiger partial charge in [-0.05, 0) is 31.2 Å².